The molecule has 0 saturated heterocycles. The molecule has 0 radical (unpaired) electrons. The molecule has 1 aliphatic rings. The van der Waals surface area contributed by atoms with Gasteiger partial charge in [0.05, 0.1) is 12.1 Å². The SMILES string of the molecule is CCCC(=O)CCNc1ccc(CCC(=O)C(=N)CC(=O)C2=CCCCC2c2ccccn2)cc1CC. The molecule has 1 aromatic heterocycles. The summed E-state index contributed by atoms with van der Waals surface area (Å²) in [6.07, 6.45) is 9.82. The number of hydrogen-bond donors (Lipinski definition) is 2. The van der Waals surface area contributed by atoms with Gasteiger partial charge in [0.25, 0.3) is 0 Å². The van der Waals surface area contributed by atoms with Crippen molar-refractivity contribution in [2.45, 2.75) is 84.0 Å². The third-order valence-corrected chi connectivity index (χ3v) is 6.92. The average Bonchev–Trinajstić information content (AvgIpc) is 2.92. The second kappa shape index (κ2) is 14.4. The first-order valence-electron chi connectivity index (χ1n) is 13.5. The van der Waals surface area contributed by atoms with Gasteiger partial charge in [0.1, 0.15) is 5.78 Å². The van der Waals surface area contributed by atoms with Crippen molar-refractivity contribution >= 4 is 28.7 Å². The van der Waals surface area contributed by atoms with E-state index in [1.807, 2.05) is 43.3 Å². The van der Waals surface area contributed by atoms with Crippen LogP contribution in [0.25, 0.3) is 0 Å². The molecule has 0 amide bonds. The summed E-state index contributed by atoms with van der Waals surface area (Å²) < 4.78 is 0. The van der Waals surface area contributed by atoms with E-state index in [2.05, 4.69) is 23.3 Å². The summed E-state index contributed by atoms with van der Waals surface area (Å²) in [5, 5.41) is 11.6. The van der Waals surface area contributed by atoms with Crippen molar-refractivity contribution in [3.63, 3.8) is 0 Å². The maximum atomic E-state index is 13.0. The van der Waals surface area contributed by atoms with Crippen LogP contribution in [0.2, 0.25) is 0 Å². The van der Waals surface area contributed by atoms with Crippen LogP contribution in [0.5, 0.6) is 0 Å². The Morgan fingerprint density at radius 2 is 1.92 bits per heavy atom. The first-order valence-corrected chi connectivity index (χ1v) is 13.5. The van der Waals surface area contributed by atoms with Crippen LogP contribution in [0.15, 0.2) is 54.2 Å². The monoisotopic (exact) mass is 501 g/mol. The molecule has 196 valence electrons. The van der Waals surface area contributed by atoms with Gasteiger partial charge in [-0.3, -0.25) is 19.4 Å². The van der Waals surface area contributed by atoms with Crippen LogP contribution in [0.3, 0.4) is 0 Å². The van der Waals surface area contributed by atoms with Crippen LogP contribution >= 0.6 is 0 Å². The van der Waals surface area contributed by atoms with Crippen LogP contribution in [-0.2, 0) is 27.2 Å². The Hall–Kier alpha value is -3.41. The van der Waals surface area contributed by atoms with E-state index in [1.54, 1.807) is 6.20 Å². The quantitative estimate of drug-likeness (QED) is 0.283. The van der Waals surface area contributed by atoms with Crippen LogP contribution in [-0.4, -0.2) is 34.6 Å². The number of nitrogens with zero attached hydrogens (tertiary/aromatic N) is 1. The number of hydrogen-bond acceptors (Lipinski definition) is 6. The minimum atomic E-state index is -0.283. The van der Waals surface area contributed by atoms with Crippen LogP contribution < -0.4 is 5.32 Å². The lowest BCUT2D eigenvalue weighted by atomic mass is 9.81. The van der Waals surface area contributed by atoms with Gasteiger partial charge in [0.2, 0.25) is 0 Å². The number of rotatable bonds is 15. The predicted molar refractivity (Wildman–Crippen MR) is 148 cm³/mol. The zero-order valence-electron chi connectivity index (χ0n) is 22.1. The van der Waals surface area contributed by atoms with Crippen LogP contribution in [0.4, 0.5) is 5.69 Å². The smallest absolute Gasteiger partial charge is 0.177 e. The zero-order chi connectivity index (χ0) is 26.6. The molecular formula is C31H39N3O3. The number of aromatic nitrogens is 1. The van der Waals surface area contributed by atoms with Gasteiger partial charge >= 0.3 is 0 Å². The standard InChI is InChI=1S/C31H39N3O3/c1-3-9-24(35)17-19-34-28-15-13-22(20-23(28)4-2)14-16-30(36)27(32)21-31(37)26-11-6-5-10-25(26)29-12-7-8-18-33-29/h7-8,11-13,15,18,20,25,32,34H,3-6,9-10,14,16-17,19,21H2,1-2H3. The fourth-order valence-electron chi connectivity index (χ4n) is 4.85. The van der Waals surface area contributed by atoms with Crippen molar-refractivity contribution in [2.75, 3.05) is 11.9 Å². The van der Waals surface area contributed by atoms with Gasteiger partial charge in [0, 0.05) is 54.9 Å². The van der Waals surface area contributed by atoms with E-state index >= 15 is 0 Å². The first kappa shape index (κ1) is 28.2. The van der Waals surface area contributed by atoms with Gasteiger partial charge in [-0.1, -0.05) is 38.1 Å². The van der Waals surface area contributed by atoms with Crippen molar-refractivity contribution in [3.05, 3.63) is 71.1 Å². The van der Waals surface area contributed by atoms with Crippen molar-refractivity contribution in [3.8, 4) is 0 Å². The molecule has 3 rings (SSSR count). The third kappa shape index (κ3) is 8.31. The highest BCUT2D eigenvalue weighted by Gasteiger charge is 2.27. The Balaban J connectivity index is 1.53. The van der Waals surface area contributed by atoms with Gasteiger partial charge in [-0.2, -0.15) is 0 Å². The summed E-state index contributed by atoms with van der Waals surface area (Å²) in [6, 6.07) is 11.8. The molecule has 1 aromatic carbocycles. The van der Waals surface area contributed by atoms with Gasteiger partial charge in [-0.05, 0) is 67.9 Å². The van der Waals surface area contributed by atoms with E-state index in [9.17, 15) is 14.4 Å². The molecule has 37 heavy (non-hydrogen) atoms. The highest BCUT2D eigenvalue weighted by atomic mass is 16.1. The molecule has 2 N–H and O–H groups in total. The molecule has 6 nitrogen and oxygen atoms in total. The van der Waals surface area contributed by atoms with E-state index in [0.29, 0.717) is 31.4 Å². The van der Waals surface area contributed by atoms with Gasteiger partial charge in [-0.15, -0.1) is 0 Å². The topological polar surface area (TPSA) is 100.0 Å². The molecule has 6 heteroatoms. The lowest BCUT2D eigenvalue weighted by Crippen LogP contribution is -2.22. The second-order valence-corrected chi connectivity index (χ2v) is 9.71. The average molecular weight is 502 g/mol. The number of nitrogens with one attached hydrogen (secondary N) is 2. The lowest BCUT2D eigenvalue weighted by Gasteiger charge is -2.23. The molecule has 0 fully saturated rings. The highest BCUT2D eigenvalue weighted by molar-refractivity contribution is 6.42. The largest absolute Gasteiger partial charge is 0.384 e. The fraction of sp³-hybridized carbons (Fsp3) is 0.452. The summed E-state index contributed by atoms with van der Waals surface area (Å²) in [4.78, 5) is 42.0. The lowest BCUT2D eigenvalue weighted by molar-refractivity contribution is -0.119. The van der Waals surface area contributed by atoms with Gasteiger partial charge in [0.15, 0.2) is 11.6 Å². The molecular weight excluding hydrogens is 462 g/mol. The number of benzene rings is 1. The number of Topliss-reactive ketones (excluding diaryl/α,β-unsaturated/α-hetero) is 3. The molecule has 0 bridgehead atoms. The molecule has 1 unspecified atom stereocenters. The molecule has 0 spiro atoms. The number of carbonyl (C=O) groups excluding carboxylic acids is 3. The Labute approximate surface area is 220 Å². The molecule has 1 atom stereocenters. The molecule has 1 aliphatic carbocycles. The van der Waals surface area contributed by atoms with Crippen LogP contribution in [0.1, 0.15) is 88.0 Å². The number of allylic oxidation sites excluding steroid dienone is 2. The number of carbonyl (C=O) groups is 3. The molecule has 0 saturated carbocycles. The van der Waals surface area contributed by atoms with E-state index in [1.165, 1.54) is 0 Å². The van der Waals surface area contributed by atoms with E-state index < -0.39 is 0 Å². The summed E-state index contributed by atoms with van der Waals surface area (Å²) in [5.74, 6) is -0.213. The van der Waals surface area contributed by atoms with E-state index in [-0.39, 0.29) is 41.8 Å². The number of anilines is 1. The summed E-state index contributed by atoms with van der Waals surface area (Å²) in [7, 11) is 0. The van der Waals surface area contributed by atoms with Gasteiger partial charge in [-0.25, -0.2) is 0 Å². The zero-order valence-corrected chi connectivity index (χ0v) is 22.1. The normalized spacial score (nSPS) is 15.1. The Bertz CT molecular complexity index is 1140. The number of aryl methyl sites for hydroxylation is 2. The van der Waals surface area contributed by atoms with E-state index in [0.717, 1.165) is 54.6 Å². The van der Waals surface area contributed by atoms with Crippen molar-refractivity contribution in [1.29, 1.82) is 5.41 Å². The second-order valence-electron chi connectivity index (χ2n) is 9.71. The Morgan fingerprint density at radius 1 is 1.08 bits per heavy atom. The minimum absolute atomic E-state index is 0.0605. The highest BCUT2D eigenvalue weighted by Crippen LogP contribution is 2.34. The van der Waals surface area contributed by atoms with Crippen molar-refractivity contribution in [1.82, 2.24) is 4.98 Å². The van der Waals surface area contributed by atoms with Crippen LogP contribution in [0, 0.1) is 5.41 Å². The van der Waals surface area contributed by atoms with Crippen molar-refractivity contribution < 1.29 is 14.4 Å². The predicted octanol–water partition coefficient (Wildman–Crippen LogP) is 6.19. The maximum Gasteiger partial charge on any atom is 0.177 e. The van der Waals surface area contributed by atoms with Crippen molar-refractivity contribution in [2.24, 2.45) is 0 Å². The third-order valence-electron chi connectivity index (χ3n) is 6.92. The summed E-state index contributed by atoms with van der Waals surface area (Å²) >= 11 is 0. The number of pyridine rings is 1. The number of ketones is 3. The Kier molecular flexibility index (Phi) is 10.9. The minimum Gasteiger partial charge on any atom is -0.384 e. The summed E-state index contributed by atoms with van der Waals surface area (Å²) in [5.41, 5.74) is 4.63. The molecule has 1 heterocycles. The maximum absolute atomic E-state index is 13.0. The Morgan fingerprint density at radius 3 is 2.65 bits per heavy atom. The van der Waals surface area contributed by atoms with E-state index in [4.69, 9.17) is 5.41 Å². The first-order chi connectivity index (χ1) is 17.9. The van der Waals surface area contributed by atoms with Gasteiger partial charge < -0.3 is 10.7 Å². The fourth-order valence-corrected chi connectivity index (χ4v) is 4.85. The molecule has 0 aliphatic heterocycles. The molecule has 2 aromatic rings. The summed E-state index contributed by atoms with van der Waals surface area (Å²) in [6.45, 7) is 4.71.